The van der Waals surface area contributed by atoms with Gasteiger partial charge in [0.15, 0.2) is 5.65 Å². The molecule has 3 heteroatoms. The van der Waals surface area contributed by atoms with Crippen molar-refractivity contribution in [2.75, 3.05) is 0 Å². The minimum atomic E-state index is 0.903. The molecule has 0 saturated heterocycles. The Morgan fingerprint density at radius 2 is 1.79 bits per heavy atom. The highest BCUT2D eigenvalue weighted by atomic mass is 15.0. The number of imidazole rings is 1. The Balaban J connectivity index is 0.000000379. The van der Waals surface area contributed by atoms with Crippen LogP contribution in [-0.4, -0.2) is 14.4 Å². The molecule has 0 saturated carbocycles. The first-order valence-corrected chi connectivity index (χ1v) is 5.11. The van der Waals surface area contributed by atoms with Gasteiger partial charge in [-0.1, -0.05) is 27.7 Å². The Labute approximate surface area is 85.8 Å². The second-order valence-corrected chi connectivity index (χ2v) is 2.22. The van der Waals surface area contributed by atoms with Gasteiger partial charge in [-0.05, 0) is 6.92 Å². The highest BCUT2D eigenvalue weighted by Gasteiger charge is 1.92. The molecular weight excluding hydrogens is 174 g/mol. The van der Waals surface area contributed by atoms with Gasteiger partial charge in [0.25, 0.3) is 0 Å². The normalized spacial score (nSPS) is 8.36. The van der Waals surface area contributed by atoms with Crippen molar-refractivity contribution < 1.29 is 0 Å². The summed E-state index contributed by atoms with van der Waals surface area (Å²) in [6.07, 6.45) is 7.34. The molecule has 0 amide bonds. The molecule has 78 valence electrons. The zero-order chi connectivity index (χ0) is 11.0. The van der Waals surface area contributed by atoms with Gasteiger partial charge in [-0.25, -0.2) is 4.98 Å². The Morgan fingerprint density at radius 1 is 1.14 bits per heavy atom. The molecule has 2 aromatic heterocycles. The van der Waals surface area contributed by atoms with Crippen LogP contribution < -0.4 is 0 Å². The summed E-state index contributed by atoms with van der Waals surface area (Å²) in [7, 11) is 0. The van der Waals surface area contributed by atoms with Crippen molar-refractivity contribution in [3.05, 3.63) is 30.5 Å². The van der Waals surface area contributed by atoms with Crippen LogP contribution in [0.25, 0.3) is 5.65 Å². The SMILES string of the molecule is CC.CC.Cc1cn2ccncc2n1. The van der Waals surface area contributed by atoms with Gasteiger partial charge in [0.2, 0.25) is 0 Å². The smallest absolute Gasteiger partial charge is 0.155 e. The molecule has 0 fully saturated rings. The summed E-state index contributed by atoms with van der Waals surface area (Å²) >= 11 is 0. The Hall–Kier alpha value is -1.38. The molecule has 0 aliphatic heterocycles. The van der Waals surface area contributed by atoms with Crippen LogP contribution in [0.15, 0.2) is 24.8 Å². The largest absolute Gasteiger partial charge is 0.304 e. The molecule has 14 heavy (non-hydrogen) atoms. The minimum absolute atomic E-state index is 0.903. The van der Waals surface area contributed by atoms with E-state index in [1.165, 1.54) is 0 Å². The predicted molar refractivity (Wildman–Crippen MR) is 60.4 cm³/mol. The van der Waals surface area contributed by atoms with Crippen molar-refractivity contribution in [2.24, 2.45) is 0 Å². The molecule has 2 aromatic rings. The fraction of sp³-hybridized carbons (Fsp3) is 0.455. The van der Waals surface area contributed by atoms with Gasteiger partial charge in [0.05, 0.1) is 11.9 Å². The average Bonchev–Trinajstić information content (AvgIpc) is 2.64. The number of hydrogen-bond donors (Lipinski definition) is 0. The first-order valence-electron chi connectivity index (χ1n) is 5.11. The van der Waals surface area contributed by atoms with Crippen molar-refractivity contribution in [3.63, 3.8) is 0 Å². The summed E-state index contributed by atoms with van der Waals surface area (Å²) in [5.74, 6) is 0. The lowest BCUT2D eigenvalue weighted by Gasteiger charge is -1.86. The second-order valence-electron chi connectivity index (χ2n) is 2.22. The molecular formula is C11H19N3. The van der Waals surface area contributed by atoms with Crippen LogP contribution in [0, 0.1) is 6.92 Å². The van der Waals surface area contributed by atoms with Crippen LogP contribution >= 0.6 is 0 Å². The van der Waals surface area contributed by atoms with E-state index in [4.69, 9.17) is 0 Å². The van der Waals surface area contributed by atoms with Crippen molar-refractivity contribution in [1.29, 1.82) is 0 Å². The van der Waals surface area contributed by atoms with Crippen molar-refractivity contribution in [3.8, 4) is 0 Å². The summed E-state index contributed by atoms with van der Waals surface area (Å²) in [5, 5.41) is 0. The van der Waals surface area contributed by atoms with E-state index in [2.05, 4.69) is 9.97 Å². The van der Waals surface area contributed by atoms with Gasteiger partial charge in [0.1, 0.15) is 0 Å². The zero-order valence-electron chi connectivity index (χ0n) is 9.65. The first-order chi connectivity index (χ1) is 6.86. The highest BCUT2D eigenvalue weighted by Crippen LogP contribution is 1.99. The second kappa shape index (κ2) is 7.06. The number of hydrogen-bond acceptors (Lipinski definition) is 2. The lowest BCUT2D eigenvalue weighted by Crippen LogP contribution is -1.81. The van der Waals surface area contributed by atoms with Gasteiger partial charge in [-0.15, -0.1) is 0 Å². The van der Waals surface area contributed by atoms with Crippen molar-refractivity contribution in [2.45, 2.75) is 34.6 Å². The maximum Gasteiger partial charge on any atom is 0.155 e. The molecule has 0 bridgehead atoms. The van der Waals surface area contributed by atoms with Gasteiger partial charge < -0.3 is 4.40 Å². The average molecular weight is 193 g/mol. The van der Waals surface area contributed by atoms with Crippen LogP contribution in [0.5, 0.6) is 0 Å². The number of fused-ring (bicyclic) bond motifs is 1. The summed E-state index contributed by atoms with van der Waals surface area (Å²) in [5.41, 5.74) is 1.92. The summed E-state index contributed by atoms with van der Waals surface area (Å²) in [6.45, 7) is 9.97. The number of rotatable bonds is 0. The van der Waals surface area contributed by atoms with Gasteiger partial charge >= 0.3 is 0 Å². The third kappa shape index (κ3) is 3.17. The molecule has 2 rings (SSSR count). The molecule has 0 aliphatic carbocycles. The fourth-order valence-corrected chi connectivity index (χ4v) is 0.970. The monoisotopic (exact) mass is 193 g/mol. The Bertz CT molecular complexity index is 319. The third-order valence-corrected chi connectivity index (χ3v) is 1.38. The molecule has 0 N–H and O–H groups in total. The van der Waals surface area contributed by atoms with Crippen LogP contribution in [-0.2, 0) is 0 Å². The molecule has 2 heterocycles. The summed E-state index contributed by atoms with van der Waals surface area (Å²) in [4.78, 5) is 8.16. The molecule has 0 atom stereocenters. The third-order valence-electron chi connectivity index (χ3n) is 1.38. The van der Waals surface area contributed by atoms with E-state index in [-0.39, 0.29) is 0 Å². The van der Waals surface area contributed by atoms with Crippen molar-refractivity contribution >= 4 is 5.65 Å². The summed E-state index contributed by atoms with van der Waals surface area (Å²) < 4.78 is 1.95. The highest BCUT2D eigenvalue weighted by molar-refractivity contribution is 5.35. The molecule has 0 spiro atoms. The number of aromatic nitrogens is 3. The number of aryl methyl sites for hydroxylation is 1. The van der Waals surface area contributed by atoms with Crippen LogP contribution in [0.4, 0.5) is 0 Å². The fourth-order valence-electron chi connectivity index (χ4n) is 0.970. The molecule has 0 aromatic carbocycles. The van der Waals surface area contributed by atoms with E-state index < -0.39 is 0 Å². The Kier molecular flexibility index (Phi) is 6.37. The zero-order valence-corrected chi connectivity index (χ0v) is 9.65. The minimum Gasteiger partial charge on any atom is -0.304 e. The predicted octanol–water partition coefficient (Wildman–Crippen LogP) is 3.09. The quantitative estimate of drug-likeness (QED) is 0.643. The molecule has 0 aliphatic rings. The van der Waals surface area contributed by atoms with E-state index in [0.29, 0.717) is 0 Å². The van der Waals surface area contributed by atoms with E-state index in [1.807, 2.05) is 51.4 Å². The van der Waals surface area contributed by atoms with E-state index in [9.17, 15) is 0 Å². The maximum absolute atomic E-state index is 4.21. The first kappa shape index (κ1) is 12.6. The van der Waals surface area contributed by atoms with E-state index in [1.54, 1.807) is 12.4 Å². The lowest BCUT2D eigenvalue weighted by molar-refractivity contribution is 1.13. The van der Waals surface area contributed by atoms with E-state index in [0.717, 1.165) is 11.3 Å². The molecule has 0 unspecified atom stereocenters. The summed E-state index contributed by atoms with van der Waals surface area (Å²) in [6, 6.07) is 0. The topological polar surface area (TPSA) is 30.2 Å². The van der Waals surface area contributed by atoms with Gasteiger partial charge in [0, 0.05) is 18.6 Å². The van der Waals surface area contributed by atoms with Crippen molar-refractivity contribution in [1.82, 2.24) is 14.4 Å². The van der Waals surface area contributed by atoms with Crippen LogP contribution in [0.2, 0.25) is 0 Å². The van der Waals surface area contributed by atoms with Crippen LogP contribution in [0.3, 0.4) is 0 Å². The Morgan fingerprint density at radius 3 is 2.36 bits per heavy atom. The van der Waals surface area contributed by atoms with Gasteiger partial charge in [-0.3, -0.25) is 4.98 Å². The van der Waals surface area contributed by atoms with Gasteiger partial charge in [-0.2, -0.15) is 0 Å². The molecule has 0 radical (unpaired) electrons. The molecule has 3 nitrogen and oxygen atoms in total. The maximum atomic E-state index is 4.21. The number of nitrogens with zero attached hydrogens (tertiary/aromatic N) is 3. The lowest BCUT2D eigenvalue weighted by atomic mass is 10.6. The van der Waals surface area contributed by atoms with E-state index >= 15 is 0 Å². The van der Waals surface area contributed by atoms with Crippen LogP contribution in [0.1, 0.15) is 33.4 Å². The standard InChI is InChI=1S/C7H7N3.2C2H6/c1-6-5-10-3-2-8-4-7(10)9-6;2*1-2/h2-5H,1H3;2*1-2H3.